The zero-order chi connectivity index (χ0) is 16.6. The van der Waals surface area contributed by atoms with E-state index in [-0.39, 0.29) is 12.4 Å². The zero-order valence-corrected chi connectivity index (χ0v) is 17.0. The Kier molecular flexibility index (Phi) is 9.57. The van der Waals surface area contributed by atoms with Crippen molar-refractivity contribution in [2.75, 3.05) is 12.4 Å². The van der Waals surface area contributed by atoms with Gasteiger partial charge in [0.15, 0.2) is 6.29 Å². The van der Waals surface area contributed by atoms with Crippen LogP contribution in [0.25, 0.3) is 0 Å². The monoisotopic (exact) mass is 376 g/mol. The van der Waals surface area contributed by atoms with Gasteiger partial charge in [0.25, 0.3) is 0 Å². The lowest BCUT2D eigenvalue weighted by atomic mass is 9.72. The molecule has 0 heterocycles. The van der Waals surface area contributed by atoms with Crippen molar-refractivity contribution in [2.24, 2.45) is 17.3 Å². The Hall–Kier alpha value is 0.400. The molecule has 1 aliphatic rings. The van der Waals surface area contributed by atoms with Crippen LogP contribution in [-0.2, 0) is 9.47 Å². The van der Waals surface area contributed by atoms with E-state index >= 15 is 0 Å². The molecule has 0 aromatic carbocycles. The van der Waals surface area contributed by atoms with E-state index in [0.29, 0.717) is 11.3 Å². The third-order valence-corrected chi connectivity index (χ3v) is 6.09. The van der Waals surface area contributed by atoms with Gasteiger partial charge < -0.3 is 9.47 Å². The van der Waals surface area contributed by atoms with Gasteiger partial charge >= 0.3 is 0 Å². The molecule has 1 saturated carbocycles. The van der Waals surface area contributed by atoms with Crippen molar-refractivity contribution in [1.29, 1.82) is 0 Å². The summed E-state index contributed by atoms with van der Waals surface area (Å²) in [6.45, 7) is 9.36. The molecule has 0 aromatic rings. The maximum Gasteiger partial charge on any atom is 0.160 e. The molecule has 0 aromatic heterocycles. The first-order chi connectivity index (χ1) is 10.4. The standard InChI is InChI=1S/C19H37BrO2/c1-6-17(12-14-20)19(3,4)13-11-15(2)22-18(21-5)16-9-7-8-10-16/h15-18H,6-14H2,1-5H3/t15?,17-,18+/m0/s1. The van der Waals surface area contributed by atoms with Crippen LogP contribution in [0.4, 0.5) is 0 Å². The van der Waals surface area contributed by atoms with E-state index in [1.165, 1.54) is 44.9 Å². The number of alkyl halides is 1. The van der Waals surface area contributed by atoms with Crippen LogP contribution < -0.4 is 0 Å². The molecule has 1 fully saturated rings. The maximum atomic E-state index is 6.22. The molecule has 3 heteroatoms. The average Bonchev–Trinajstić information content (AvgIpc) is 3.02. The Bertz CT molecular complexity index is 287. The molecule has 22 heavy (non-hydrogen) atoms. The van der Waals surface area contributed by atoms with Gasteiger partial charge in [0.2, 0.25) is 0 Å². The van der Waals surface area contributed by atoms with E-state index in [0.717, 1.165) is 17.7 Å². The molecule has 132 valence electrons. The number of hydrogen-bond acceptors (Lipinski definition) is 2. The fourth-order valence-corrected chi connectivity index (χ4v) is 4.50. The number of rotatable bonds is 11. The quantitative estimate of drug-likeness (QED) is 0.317. The van der Waals surface area contributed by atoms with Crippen molar-refractivity contribution >= 4 is 15.9 Å². The lowest BCUT2D eigenvalue weighted by Gasteiger charge is -2.35. The normalized spacial score (nSPS) is 21.0. The van der Waals surface area contributed by atoms with Crippen molar-refractivity contribution < 1.29 is 9.47 Å². The van der Waals surface area contributed by atoms with E-state index in [4.69, 9.17) is 9.47 Å². The summed E-state index contributed by atoms with van der Waals surface area (Å²) in [7, 11) is 1.79. The number of hydrogen-bond donors (Lipinski definition) is 0. The molecule has 0 aliphatic heterocycles. The van der Waals surface area contributed by atoms with Crippen LogP contribution in [0.15, 0.2) is 0 Å². The molecule has 2 nitrogen and oxygen atoms in total. The molecule has 3 atom stereocenters. The second kappa shape index (κ2) is 10.3. The molecule has 0 N–H and O–H groups in total. The minimum absolute atomic E-state index is 0.00475. The predicted molar refractivity (Wildman–Crippen MR) is 98.5 cm³/mol. The highest BCUT2D eigenvalue weighted by molar-refractivity contribution is 9.09. The number of methoxy groups -OCH3 is 1. The molecule has 0 spiro atoms. The van der Waals surface area contributed by atoms with Crippen LogP contribution >= 0.6 is 15.9 Å². The lowest BCUT2D eigenvalue weighted by Crippen LogP contribution is -2.30. The van der Waals surface area contributed by atoms with Crippen LogP contribution in [0.1, 0.15) is 79.1 Å². The summed E-state index contributed by atoms with van der Waals surface area (Å²) in [5.74, 6) is 1.39. The van der Waals surface area contributed by atoms with Gasteiger partial charge in [-0.05, 0) is 50.4 Å². The van der Waals surface area contributed by atoms with Crippen molar-refractivity contribution in [3.63, 3.8) is 0 Å². The van der Waals surface area contributed by atoms with Gasteiger partial charge in [-0.2, -0.15) is 0 Å². The van der Waals surface area contributed by atoms with Gasteiger partial charge in [-0.25, -0.2) is 0 Å². The fourth-order valence-electron chi connectivity index (χ4n) is 3.94. The molecule has 0 amide bonds. The molecule has 0 saturated heterocycles. The second-order valence-corrected chi connectivity index (χ2v) is 8.50. The molecule has 1 unspecified atom stereocenters. The van der Waals surface area contributed by atoms with Gasteiger partial charge in [-0.3, -0.25) is 0 Å². The SMILES string of the molecule is CC[C@@H](CCBr)C(C)(C)CCC(C)O[C@@H](OC)C1CCCC1. The van der Waals surface area contributed by atoms with Crippen molar-refractivity contribution in [2.45, 2.75) is 91.5 Å². The molecule has 0 bridgehead atoms. The molecule has 1 rings (SSSR count). The van der Waals surface area contributed by atoms with Crippen LogP contribution in [0.3, 0.4) is 0 Å². The van der Waals surface area contributed by atoms with Gasteiger partial charge in [-0.1, -0.05) is 56.0 Å². The Labute approximate surface area is 146 Å². The molecule has 0 radical (unpaired) electrons. The maximum absolute atomic E-state index is 6.22. The highest BCUT2D eigenvalue weighted by atomic mass is 79.9. The Morgan fingerprint density at radius 3 is 2.32 bits per heavy atom. The average molecular weight is 377 g/mol. The van der Waals surface area contributed by atoms with Crippen molar-refractivity contribution in [1.82, 2.24) is 0 Å². The van der Waals surface area contributed by atoms with Gasteiger partial charge in [0.05, 0.1) is 6.10 Å². The first-order valence-electron chi connectivity index (χ1n) is 9.18. The Morgan fingerprint density at radius 1 is 1.18 bits per heavy atom. The summed E-state index contributed by atoms with van der Waals surface area (Å²) < 4.78 is 11.8. The minimum Gasteiger partial charge on any atom is -0.356 e. The smallest absolute Gasteiger partial charge is 0.160 e. The fraction of sp³-hybridized carbons (Fsp3) is 1.00. The summed E-state index contributed by atoms with van der Waals surface area (Å²) >= 11 is 3.60. The Balaban J connectivity index is 2.41. The van der Waals surface area contributed by atoms with Gasteiger partial charge in [-0.15, -0.1) is 0 Å². The van der Waals surface area contributed by atoms with Gasteiger partial charge in [0, 0.05) is 18.4 Å². The van der Waals surface area contributed by atoms with E-state index in [1.807, 2.05) is 0 Å². The van der Waals surface area contributed by atoms with Crippen LogP contribution in [-0.4, -0.2) is 24.8 Å². The van der Waals surface area contributed by atoms with Gasteiger partial charge in [0.1, 0.15) is 0 Å². The third-order valence-electron chi connectivity index (χ3n) is 5.63. The summed E-state index contributed by atoms with van der Waals surface area (Å²) in [4.78, 5) is 0. The van der Waals surface area contributed by atoms with Crippen LogP contribution in [0.2, 0.25) is 0 Å². The molecule has 1 aliphatic carbocycles. The van der Waals surface area contributed by atoms with Crippen LogP contribution in [0.5, 0.6) is 0 Å². The first-order valence-corrected chi connectivity index (χ1v) is 10.3. The summed E-state index contributed by atoms with van der Waals surface area (Å²) in [5, 5.41) is 1.11. The largest absolute Gasteiger partial charge is 0.356 e. The highest BCUT2D eigenvalue weighted by Gasteiger charge is 2.30. The number of ether oxygens (including phenoxy) is 2. The van der Waals surface area contributed by atoms with Crippen molar-refractivity contribution in [3.8, 4) is 0 Å². The van der Waals surface area contributed by atoms with E-state index in [2.05, 4.69) is 43.6 Å². The topological polar surface area (TPSA) is 18.5 Å². The summed E-state index contributed by atoms with van der Waals surface area (Å²) in [6, 6.07) is 0. The van der Waals surface area contributed by atoms with E-state index < -0.39 is 0 Å². The lowest BCUT2D eigenvalue weighted by molar-refractivity contribution is -0.181. The second-order valence-electron chi connectivity index (χ2n) is 7.71. The van der Waals surface area contributed by atoms with E-state index in [1.54, 1.807) is 7.11 Å². The summed E-state index contributed by atoms with van der Waals surface area (Å²) in [5.41, 5.74) is 0.385. The zero-order valence-electron chi connectivity index (χ0n) is 15.4. The van der Waals surface area contributed by atoms with E-state index in [9.17, 15) is 0 Å². The third kappa shape index (κ3) is 6.49. The number of halogens is 1. The highest BCUT2D eigenvalue weighted by Crippen LogP contribution is 2.38. The predicted octanol–water partition coefficient (Wildman–Crippen LogP) is 6.17. The molecular formula is C19H37BrO2. The van der Waals surface area contributed by atoms with Crippen LogP contribution in [0, 0.1) is 17.3 Å². The minimum atomic E-state index is 0.00475. The molecular weight excluding hydrogens is 340 g/mol. The first kappa shape index (κ1) is 20.4. The van der Waals surface area contributed by atoms with Crippen molar-refractivity contribution in [3.05, 3.63) is 0 Å². The summed E-state index contributed by atoms with van der Waals surface area (Å²) in [6.07, 6.45) is 10.4. The Morgan fingerprint density at radius 2 is 1.82 bits per heavy atom.